The molecule has 0 fully saturated rings. The van der Waals surface area contributed by atoms with Gasteiger partial charge in [0.05, 0.1) is 0 Å². The highest BCUT2D eigenvalue weighted by Gasteiger charge is 2.09. The maximum absolute atomic E-state index is 4.74. The summed E-state index contributed by atoms with van der Waals surface area (Å²) in [5.74, 6) is 1.23. The molecular formula is C20H20N2. The van der Waals surface area contributed by atoms with E-state index < -0.39 is 0 Å². The van der Waals surface area contributed by atoms with Crippen molar-refractivity contribution in [1.82, 2.24) is 9.97 Å². The van der Waals surface area contributed by atoms with Gasteiger partial charge >= 0.3 is 0 Å². The summed E-state index contributed by atoms with van der Waals surface area (Å²) in [6.45, 7) is 2.24. The first-order chi connectivity index (χ1) is 10.8. The number of benzene rings is 2. The van der Waals surface area contributed by atoms with Crippen LogP contribution in [0.25, 0.3) is 11.4 Å². The first-order valence-corrected chi connectivity index (χ1v) is 7.75. The van der Waals surface area contributed by atoms with Gasteiger partial charge in [-0.1, -0.05) is 67.6 Å². The number of hydrogen-bond acceptors (Lipinski definition) is 2. The Morgan fingerprint density at radius 1 is 0.864 bits per heavy atom. The highest BCUT2D eigenvalue weighted by molar-refractivity contribution is 5.54. The lowest BCUT2D eigenvalue weighted by molar-refractivity contribution is 0.659. The van der Waals surface area contributed by atoms with Crippen LogP contribution >= 0.6 is 0 Å². The van der Waals surface area contributed by atoms with Gasteiger partial charge in [-0.25, -0.2) is 9.97 Å². The monoisotopic (exact) mass is 288 g/mol. The maximum atomic E-state index is 4.74. The first-order valence-electron chi connectivity index (χ1n) is 7.75. The van der Waals surface area contributed by atoms with E-state index in [0.29, 0.717) is 5.92 Å². The number of hydrogen-bond donors (Lipinski definition) is 0. The van der Waals surface area contributed by atoms with Crippen LogP contribution in [0.1, 0.15) is 30.5 Å². The Kier molecular flexibility index (Phi) is 4.59. The molecule has 0 aliphatic rings. The van der Waals surface area contributed by atoms with Crippen LogP contribution in [-0.4, -0.2) is 9.97 Å². The van der Waals surface area contributed by atoms with Crippen molar-refractivity contribution in [2.24, 2.45) is 0 Å². The van der Waals surface area contributed by atoms with Gasteiger partial charge in [-0.3, -0.25) is 0 Å². The Hall–Kier alpha value is -2.48. The molecule has 0 N–H and O–H groups in total. The van der Waals surface area contributed by atoms with Crippen LogP contribution in [0.2, 0.25) is 0 Å². The quantitative estimate of drug-likeness (QED) is 0.668. The molecule has 0 bridgehead atoms. The fourth-order valence-electron chi connectivity index (χ4n) is 2.55. The zero-order valence-corrected chi connectivity index (χ0v) is 12.8. The second kappa shape index (κ2) is 6.99. The minimum atomic E-state index is 0.422. The summed E-state index contributed by atoms with van der Waals surface area (Å²) in [6, 6.07) is 22.8. The van der Waals surface area contributed by atoms with Gasteiger partial charge in [0.25, 0.3) is 0 Å². The van der Waals surface area contributed by atoms with Crippen LogP contribution in [0, 0.1) is 0 Å². The summed E-state index contributed by atoms with van der Waals surface area (Å²) in [7, 11) is 0. The molecule has 0 aliphatic heterocycles. The summed E-state index contributed by atoms with van der Waals surface area (Å²) in [5, 5.41) is 0. The standard InChI is InChI=1S/C20H20N2/c1-16(12-13-17-8-4-2-5-9-17)19-14-15-21-20(22-19)18-10-6-3-7-11-18/h2-11,14-16H,12-13H2,1H3. The molecule has 1 atom stereocenters. The molecule has 0 amide bonds. The lowest BCUT2D eigenvalue weighted by Gasteiger charge is -2.12. The van der Waals surface area contributed by atoms with Crippen LogP contribution in [-0.2, 0) is 6.42 Å². The van der Waals surface area contributed by atoms with Gasteiger partial charge in [0.15, 0.2) is 5.82 Å². The van der Waals surface area contributed by atoms with E-state index in [1.807, 2.05) is 42.6 Å². The van der Waals surface area contributed by atoms with Gasteiger partial charge in [-0.05, 0) is 30.4 Å². The third-order valence-electron chi connectivity index (χ3n) is 3.92. The third kappa shape index (κ3) is 3.59. The fraction of sp³-hybridized carbons (Fsp3) is 0.200. The van der Waals surface area contributed by atoms with Crippen molar-refractivity contribution < 1.29 is 0 Å². The Balaban J connectivity index is 1.72. The molecule has 0 radical (unpaired) electrons. The topological polar surface area (TPSA) is 25.8 Å². The average molecular weight is 288 g/mol. The van der Waals surface area contributed by atoms with E-state index >= 15 is 0 Å². The Morgan fingerprint density at radius 2 is 1.55 bits per heavy atom. The molecule has 3 rings (SSSR count). The molecule has 2 heteroatoms. The normalized spacial score (nSPS) is 12.0. The van der Waals surface area contributed by atoms with Gasteiger partial charge in [0.2, 0.25) is 0 Å². The predicted octanol–water partition coefficient (Wildman–Crippen LogP) is 4.88. The predicted molar refractivity (Wildman–Crippen MR) is 90.6 cm³/mol. The van der Waals surface area contributed by atoms with Gasteiger partial charge in [-0.15, -0.1) is 0 Å². The Labute approximate surface area is 131 Å². The average Bonchev–Trinajstić information content (AvgIpc) is 2.61. The van der Waals surface area contributed by atoms with Crippen LogP contribution in [0.3, 0.4) is 0 Å². The molecule has 110 valence electrons. The summed E-state index contributed by atoms with van der Waals surface area (Å²) < 4.78 is 0. The fourth-order valence-corrected chi connectivity index (χ4v) is 2.55. The lowest BCUT2D eigenvalue weighted by atomic mass is 9.98. The van der Waals surface area contributed by atoms with Gasteiger partial charge in [0, 0.05) is 17.5 Å². The summed E-state index contributed by atoms with van der Waals surface area (Å²) >= 11 is 0. The van der Waals surface area contributed by atoms with E-state index in [-0.39, 0.29) is 0 Å². The van der Waals surface area contributed by atoms with E-state index in [4.69, 9.17) is 4.98 Å². The van der Waals surface area contributed by atoms with Gasteiger partial charge in [0.1, 0.15) is 0 Å². The first kappa shape index (κ1) is 14.5. The maximum Gasteiger partial charge on any atom is 0.159 e. The van der Waals surface area contributed by atoms with E-state index in [2.05, 4.69) is 42.2 Å². The molecule has 0 saturated carbocycles. The highest BCUT2D eigenvalue weighted by atomic mass is 14.9. The third-order valence-corrected chi connectivity index (χ3v) is 3.92. The van der Waals surface area contributed by atoms with Crippen molar-refractivity contribution in [1.29, 1.82) is 0 Å². The molecule has 3 aromatic rings. The second-order valence-corrected chi connectivity index (χ2v) is 5.60. The van der Waals surface area contributed by atoms with Crippen LogP contribution in [0.15, 0.2) is 72.9 Å². The largest absolute Gasteiger partial charge is 0.237 e. The lowest BCUT2D eigenvalue weighted by Crippen LogP contribution is -2.01. The Bertz CT molecular complexity index is 708. The summed E-state index contributed by atoms with van der Waals surface area (Å²) in [6.07, 6.45) is 4.03. The van der Waals surface area contributed by atoms with Gasteiger partial charge in [-0.2, -0.15) is 0 Å². The zero-order chi connectivity index (χ0) is 15.2. The van der Waals surface area contributed by atoms with Crippen LogP contribution in [0.4, 0.5) is 0 Å². The van der Waals surface area contributed by atoms with E-state index in [9.17, 15) is 0 Å². The second-order valence-electron chi connectivity index (χ2n) is 5.60. The molecule has 1 unspecified atom stereocenters. The van der Waals surface area contributed by atoms with Gasteiger partial charge < -0.3 is 0 Å². The van der Waals surface area contributed by atoms with E-state index in [0.717, 1.165) is 29.9 Å². The van der Waals surface area contributed by atoms with Crippen LogP contribution in [0.5, 0.6) is 0 Å². The van der Waals surface area contributed by atoms with Crippen molar-refractivity contribution in [3.05, 3.63) is 84.2 Å². The molecule has 0 aliphatic carbocycles. The van der Waals surface area contributed by atoms with E-state index in [1.165, 1.54) is 5.56 Å². The van der Waals surface area contributed by atoms with Crippen molar-refractivity contribution in [2.45, 2.75) is 25.7 Å². The van der Waals surface area contributed by atoms with Crippen molar-refractivity contribution in [2.75, 3.05) is 0 Å². The Morgan fingerprint density at radius 3 is 2.27 bits per heavy atom. The molecule has 0 saturated heterocycles. The van der Waals surface area contributed by atoms with Crippen molar-refractivity contribution in [3.63, 3.8) is 0 Å². The smallest absolute Gasteiger partial charge is 0.159 e. The zero-order valence-electron chi connectivity index (χ0n) is 12.8. The van der Waals surface area contributed by atoms with Crippen molar-refractivity contribution in [3.8, 4) is 11.4 Å². The minimum absolute atomic E-state index is 0.422. The SMILES string of the molecule is CC(CCc1ccccc1)c1ccnc(-c2ccccc2)n1. The molecular weight excluding hydrogens is 268 g/mol. The molecule has 22 heavy (non-hydrogen) atoms. The van der Waals surface area contributed by atoms with E-state index in [1.54, 1.807) is 0 Å². The molecule has 1 aromatic heterocycles. The van der Waals surface area contributed by atoms with Crippen molar-refractivity contribution >= 4 is 0 Å². The minimum Gasteiger partial charge on any atom is -0.237 e. The molecule has 1 heterocycles. The summed E-state index contributed by atoms with van der Waals surface area (Å²) in [5.41, 5.74) is 3.57. The van der Waals surface area contributed by atoms with Crippen LogP contribution < -0.4 is 0 Å². The molecule has 2 aromatic carbocycles. The molecule has 2 nitrogen and oxygen atoms in total. The molecule has 0 spiro atoms. The number of nitrogens with zero attached hydrogens (tertiary/aromatic N) is 2. The number of rotatable bonds is 5. The summed E-state index contributed by atoms with van der Waals surface area (Å²) in [4.78, 5) is 9.14. The highest BCUT2D eigenvalue weighted by Crippen LogP contribution is 2.22. The number of aromatic nitrogens is 2. The number of aryl methyl sites for hydroxylation is 1.